The smallest absolute Gasteiger partial charge is 0.173 e. The number of hydrogen-bond donors (Lipinski definition) is 0. The van der Waals surface area contributed by atoms with E-state index >= 15 is 0 Å². The number of rotatable bonds is 11. The highest BCUT2D eigenvalue weighted by Crippen LogP contribution is 2.65. The highest BCUT2D eigenvalue weighted by molar-refractivity contribution is 7.10. The Kier molecular flexibility index (Phi) is 8.83. The summed E-state index contributed by atoms with van der Waals surface area (Å²) in [6.07, 6.45) is 0. The van der Waals surface area contributed by atoms with Crippen LogP contribution in [0.3, 0.4) is 0 Å². The standard InChI is InChI=1S/C24H59NOSi6/c1-20-21(2)27(22(20)3)16-17-30(12,13)26-31(14,15)18-19-32(23(4)24(32)5)25(28(6,7)8)29(9,10)11/h20-24,27H,16-19H2,1-15H3. The van der Waals surface area contributed by atoms with Crippen molar-refractivity contribution < 1.29 is 4.12 Å². The van der Waals surface area contributed by atoms with Gasteiger partial charge in [-0.05, 0) is 72.4 Å². The Morgan fingerprint density at radius 2 is 1.09 bits per heavy atom. The highest BCUT2D eigenvalue weighted by atomic mass is 28.5. The van der Waals surface area contributed by atoms with E-state index in [1.807, 2.05) is 0 Å². The van der Waals surface area contributed by atoms with Gasteiger partial charge in [0.1, 0.15) is 24.7 Å². The van der Waals surface area contributed by atoms with Gasteiger partial charge in [-0.25, -0.2) is 0 Å². The van der Waals surface area contributed by atoms with E-state index in [1.165, 1.54) is 18.1 Å². The second kappa shape index (κ2) is 9.59. The lowest BCUT2D eigenvalue weighted by Gasteiger charge is -2.51. The molecule has 4 atom stereocenters. The topological polar surface area (TPSA) is 12.5 Å². The molecule has 2 rings (SSSR count). The van der Waals surface area contributed by atoms with Crippen LogP contribution in [0.5, 0.6) is 0 Å². The lowest BCUT2D eigenvalue weighted by molar-refractivity contribution is 0.448. The van der Waals surface area contributed by atoms with E-state index in [9.17, 15) is 0 Å². The Hall–Kier alpha value is 1.22. The molecule has 2 fully saturated rings. The second-order valence-electron chi connectivity index (χ2n) is 15.1. The lowest BCUT2D eigenvalue weighted by Crippen LogP contribution is -2.67. The fourth-order valence-electron chi connectivity index (χ4n) is 8.05. The van der Waals surface area contributed by atoms with Gasteiger partial charge in [-0.2, -0.15) is 0 Å². The first-order valence-electron chi connectivity index (χ1n) is 13.7. The fraction of sp³-hybridized carbons (Fsp3) is 1.00. The largest absolute Gasteiger partial charge is 0.456 e. The van der Waals surface area contributed by atoms with Gasteiger partial charge in [0, 0.05) is 8.80 Å². The second-order valence-corrected chi connectivity index (χ2v) is 43.7. The van der Waals surface area contributed by atoms with Gasteiger partial charge >= 0.3 is 0 Å². The molecule has 190 valence electrons. The van der Waals surface area contributed by atoms with Crippen LogP contribution in [0.25, 0.3) is 0 Å². The molecule has 0 aliphatic carbocycles. The lowest BCUT2D eigenvalue weighted by atomic mass is 10.0. The summed E-state index contributed by atoms with van der Waals surface area (Å²) in [5.74, 6) is 0.979. The van der Waals surface area contributed by atoms with Crippen molar-refractivity contribution in [3.8, 4) is 0 Å². The molecule has 0 bridgehead atoms. The van der Waals surface area contributed by atoms with Crippen molar-refractivity contribution in [2.24, 2.45) is 5.92 Å². The molecule has 32 heavy (non-hydrogen) atoms. The van der Waals surface area contributed by atoms with Crippen LogP contribution in [-0.2, 0) is 4.12 Å². The molecule has 0 N–H and O–H groups in total. The van der Waals surface area contributed by atoms with Crippen molar-refractivity contribution >= 4 is 50.1 Å². The average molecular weight is 546 g/mol. The van der Waals surface area contributed by atoms with Gasteiger partial charge in [-0.3, -0.25) is 0 Å². The molecule has 0 amide bonds. The minimum Gasteiger partial charge on any atom is -0.456 e. The number of hydrogen-bond acceptors (Lipinski definition) is 2. The van der Waals surface area contributed by atoms with E-state index < -0.39 is 50.1 Å². The first kappa shape index (κ1) is 29.5. The van der Waals surface area contributed by atoms with E-state index in [-0.39, 0.29) is 0 Å². The third-order valence-electron chi connectivity index (χ3n) is 9.75. The van der Waals surface area contributed by atoms with Crippen LogP contribution in [0, 0.1) is 5.92 Å². The molecule has 8 heteroatoms. The predicted molar refractivity (Wildman–Crippen MR) is 164 cm³/mol. The van der Waals surface area contributed by atoms with Gasteiger partial charge in [-0.1, -0.05) is 79.9 Å². The highest BCUT2D eigenvalue weighted by Gasteiger charge is 2.68. The van der Waals surface area contributed by atoms with Gasteiger partial charge in [-0.15, -0.1) is 0 Å². The van der Waals surface area contributed by atoms with Gasteiger partial charge in [0.05, 0.1) is 0 Å². The summed E-state index contributed by atoms with van der Waals surface area (Å²) in [5.41, 5.74) is 4.06. The molecule has 2 heterocycles. The molecule has 0 spiro atoms. The van der Waals surface area contributed by atoms with Crippen LogP contribution >= 0.6 is 0 Å². The summed E-state index contributed by atoms with van der Waals surface area (Å²) < 4.78 is 10.5. The van der Waals surface area contributed by atoms with Crippen LogP contribution in [-0.4, -0.2) is 54.0 Å². The molecule has 2 saturated heterocycles. The first-order chi connectivity index (χ1) is 14.2. The molecule has 2 aliphatic rings. The monoisotopic (exact) mass is 545 g/mol. The Bertz CT molecular complexity index is 624. The summed E-state index contributed by atoms with van der Waals surface area (Å²) in [7, 11) is -7.73. The van der Waals surface area contributed by atoms with Crippen LogP contribution < -0.4 is 0 Å². The Morgan fingerprint density at radius 1 is 0.688 bits per heavy atom. The summed E-state index contributed by atoms with van der Waals surface area (Å²) in [4.78, 5) is 0. The van der Waals surface area contributed by atoms with Gasteiger partial charge in [0.2, 0.25) is 0 Å². The minimum atomic E-state index is -1.63. The van der Waals surface area contributed by atoms with Crippen molar-refractivity contribution in [3.05, 3.63) is 0 Å². The van der Waals surface area contributed by atoms with E-state index in [4.69, 9.17) is 4.12 Å². The quantitative estimate of drug-likeness (QED) is 0.240. The average Bonchev–Trinajstić information content (AvgIpc) is 3.09. The Labute approximate surface area is 209 Å². The zero-order chi connectivity index (χ0) is 25.1. The molecule has 0 aromatic heterocycles. The molecule has 0 aromatic carbocycles. The maximum Gasteiger partial charge on any atom is 0.173 e. The molecule has 0 aromatic rings. The first-order valence-corrected chi connectivity index (χ1v) is 31.3. The third-order valence-corrected chi connectivity index (χ3v) is 41.9. The minimum absolute atomic E-state index is 0.538. The molecule has 4 unspecified atom stereocenters. The van der Waals surface area contributed by atoms with Crippen molar-refractivity contribution in [1.82, 2.24) is 3.90 Å². The normalized spacial score (nSPS) is 36.4. The van der Waals surface area contributed by atoms with Crippen LogP contribution in [0.15, 0.2) is 0 Å². The summed E-state index contributed by atoms with van der Waals surface area (Å²) >= 11 is 0. The van der Waals surface area contributed by atoms with Gasteiger partial charge < -0.3 is 8.01 Å². The molecular weight excluding hydrogens is 487 g/mol. The maximum atomic E-state index is 7.21. The summed E-state index contributed by atoms with van der Waals surface area (Å²) in [5, 5.41) is 0. The van der Waals surface area contributed by atoms with Crippen molar-refractivity contribution in [2.45, 2.75) is 146 Å². The predicted octanol–water partition coefficient (Wildman–Crippen LogP) is 8.78. The molecular formula is C24H59NOSi6. The number of nitrogens with zero attached hydrogens (tertiary/aromatic N) is 1. The van der Waals surface area contributed by atoms with E-state index in [2.05, 4.69) is 104 Å². The zero-order valence-corrected chi connectivity index (χ0v) is 30.8. The molecule has 0 saturated carbocycles. The molecule has 2 nitrogen and oxygen atoms in total. The summed E-state index contributed by atoms with van der Waals surface area (Å²) in [6.45, 7) is 38.7. The van der Waals surface area contributed by atoms with Crippen molar-refractivity contribution in [2.75, 3.05) is 0 Å². The van der Waals surface area contributed by atoms with Gasteiger partial charge in [0.15, 0.2) is 16.6 Å². The Morgan fingerprint density at radius 3 is 1.47 bits per heavy atom. The summed E-state index contributed by atoms with van der Waals surface area (Å²) in [6, 6.07) is 5.88. The third kappa shape index (κ3) is 6.13. The van der Waals surface area contributed by atoms with Crippen molar-refractivity contribution in [3.63, 3.8) is 0 Å². The van der Waals surface area contributed by atoms with Crippen LogP contribution in [0.4, 0.5) is 0 Å². The van der Waals surface area contributed by atoms with E-state index in [0.29, 0.717) is 0 Å². The molecule has 0 radical (unpaired) electrons. The van der Waals surface area contributed by atoms with Gasteiger partial charge in [0.25, 0.3) is 0 Å². The van der Waals surface area contributed by atoms with Crippen molar-refractivity contribution in [1.29, 1.82) is 0 Å². The van der Waals surface area contributed by atoms with E-state index in [1.54, 1.807) is 6.04 Å². The zero-order valence-electron chi connectivity index (χ0n) is 24.6. The Balaban J connectivity index is 2.05. The fourth-order valence-corrected chi connectivity index (χ4v) is 52.2. The van der Waals surface area contributed by atoms with Crippen LogP contribution in [0.1, 0.15) is 34.6 Å². The van der Waals surface area contributed by atoms with Crippen LogP contribution in [0.2, 0.25) is 112 Å². The molecule has 2 aliphatic heterocycles. The maximum absolute atomic E-state index is 7.21. The SMILES string of the molecule is CC1C(C)[SiH](CC[Si](C)(C)O[Si](C)(C)CC[Si]2(N([Si](C)(C)C)[Si](C)(C)C)C(C)C2C)C1C. The van der Waals surface area contributed by atoms with E-state index in [0.717, 1.165) is 28.1 Å².